The highest BCUT2D eigenvalue weighted by molar-refractivity contribution is 5.94. The molecule has 1 aromatic carbocycles. The number of anilines is 1. The van der Waals surface area contributed by atoms with Crippen LogP contribution < -0.4 is 20.7 Å². The maximum atomic E-state index is 12.6. The Morgan fingerprint density at radius 3 is 2.89 bits per heavy atom. The number of rotatable bonds is 9. The van der Waals surface area contributed by atoms with Gasteiger partial charge >= 0.3 is 0 Å². The minimum absolute atomic E-state index is 0.141. The Kier molecular flexibility index (Phi) is 6.96. The van der Waals surface area contributed by atoms with Crippen molar-refractivity contribution in [1.29, 1.82) is 0 Å². The van der Waals surface area contributed by atoms with Crippen molar-refractivity contribution in [3.63, 3.8) is 0 Å². The van der Waals surface area contributed by atoms with Crippen molar-refractivity contribution in [2.24, 2.45) is 7.05 Å². The number of aliphatic hydroxyl groups is 1. The number of aryl methyl sites for hydroxylation is 1. The Morgan fingerprint density at radius 2 is 2.11 bits per heavy atom. The monoisotopic (exact) mass is 476 g/mol. The molecule has 1 saturated carbocycles. The predicted octanol–water partition coefficient (Wildman–Crippen LogP) is 2.16. The average Bonchev–Trinajstić information content (AvgIpc) is 3.27. The van der Waals surface area contributed by atoms with Crippen LogP contribution in [0.2, 0.25) is 0 Å². The van der Waals surface area contributed by atoms with Gasteiger partial charge in [-0.2, -0.15) is 5.10 Å². The first-order chi connectivity index (χ1) is 17.0. The lowest BCUT2D eigenvalue weighted by atomic mass is 9.92. The van der Waals surface area contributed by atoms with E-state index in [0.29, 0.717) is 31.2 Å². The third-order valence-electron chi connectivity index (χ3n) is 6.90. The maximum Gasteiger partial charge on any atom is 0.251 e. The van der Waals surface area contributed by atoms with Gasteiger partial charge in [0.1, 0.15) is 18.2 Å². The number of carbonyl (C=O) groups excluding carboxylic acids is 1. The zero-order valence-electron chi connectivity index (χ0n) is 19.9. The summed E-state index contributed by atoms with van der Waals surface area (Å²) in [7, 11) is 1.89. The molecule has 35 heavy (non-hydrogen) atoms. The number of fused-ring (bicyclic) bond motifs is 1. The number of ether oxygens (including phenoxy) is 1. The molecular weight excluding hydrogens is 444 g/mol. The molecular formula is C26H32N6O3. The van der Waals surface area contributed by atoms with Gasteiger partial charge in [-0.05, 0) is 67.1 Å². The van der Waals surface area contributed by atoms with Gasteiger partial charge in [-0.25, -0.2) is 4.98 Å². The molecule has 1 aliphatic heterocycles. The number of nitrogens with zero attached hydrogens (tertiary/aromatic N) is 3. The molecule has 9 nitrogen and oxygen atoms in total. The van der Waals surface area contributed by atoms with Crippen LogP contribution in [0, 0.1) is 0 Å². The van der Waals surface area contributed by atoms with Gasteiger partial charge < -0.3 is 25.8 Å². The van der Waals surface area contributed by atoms with E-state index in [4.69, 9.17) is 4.74 Å². The molecule has 1 amide bonds. The molecule has 2 aliphatic rings. The molecule has 184 valence electrons. The standard InChI is InChI=1S/C26H32N6O3/c1-32-21(8-10-30-32)16-35-22-6-5-17-12-23(28-14-19(17)11-22)24(33)15-29-26(34)18-7-9-27-25(13-18)31-20-3-2-4-20/h5-11,13,20,23-24,28,33H,2-4,12,14-16H2,1H3,(H,27,31)(H,29,34)/t23-,24?/m0/s1. The summed E-state index contributed by atoms with van der Waals surface area (Å²) in [5.74, 6) is 1.31. The van der Waals surface area contributed by atoms with Crippen LogP contribution in [0.1, 0.15) is 46.4 Å². The molecule has 3 heterocycles. The molecule has 2 atom stereocenters. The number of aliphatic hydroxyl groups excluding tert-OH is 1. The number of aromatic nitrogens is 3. The first-order valence-electron chi connectivity index (χ1n) is 12.2. The molecule has 0 saturated heterocycles. The zero-order valence-corrected chi connectivity index (χ0v) is 19.9. The third-order valence-corrected chi connectivity index (χ3v) is 6.90. The molecule has 0 spiro atoms. The van der Waals surface area contributed by atoms with Gasteiger partial charge in [0.25, 0.3) is 5.91 Å². The molecule has 5 rings (SSSR count). The van der Waals surface area contributed by atoms with Crippen molar-refractivity contribution < 1.29 is 14.6 Å². The third kappa shape index (κ3) is 5.63. The Labute approximate surface area is 204 Å². The van der Waals surface area contributed by atoms with Crippen LogP contribution >= 0.6 is 0 Å². The lowest BCUT2D eigenvalue weighted by Gasteiger charge is -2.30. The molecule has 9 heteroatoms. The molecule has 2 aromatic heterocycles. The van der Waals surface area contributed by atoms with Crippen LogP contribution in [0.15, 0.2) is 48.8 Å². The Bertz CT molecular complexity index is 1180. The Morgan fingerprint density at radius 1 is 1.23 bits per heavy atom. The molecule has 3 aromatic rings. The fourth-order valence-corrected chi connectivity index (χ4v) is 4.43. The smallest absolute Gasteiger partial charge is 0.251 e. The van der Waals surface area contributed by atoms with Crippen LogP contribution in [0.25, 0.3) is 0 Å². The highest BCUT2D eigenvalue weighted by Crippen LogP contribution is 2.24. The Hall–Kier alpha value is -3.43. The van der Waals surface area contributed by atoms with Crippen molar-refractivity contribution in [3.8, 4) is 5.75 Å². The molecule has 1 fully saturated rings. The molecule has 0 bridgehead atoms. The SMILES string of the molecule is Cn1nccc1COc1ccc2c(c1)CN[C@H](C(O)CNC(=O)c1ccnc(NC3CCC3)c1)C2. The van der Waals surface area contributed by atoms with Gasteiger partial charge in [0, 0.05) is 50.2 Å². The van der Waals surface area contributed by atoms with Crippen LogP contribution in [-0.2, 0) is 26.6 Å². The van der Waals surface area contributed by atoms with Gasteiger partial charge in [-0.1, -0.05) is 6.07 Å². The fourth-order valence-electron chi connectivity index (χ4n) is 4.43. The summed E-state index contributed by atoms with van der Waals surface area (Å²) in [6, 6.07) is 11.8. The van der Waals surface area contributed by atoms with Crippen molar-refractivity contribution in [3.05, 3.63) is 71.2 Å². The van der Waals surface area contributed by atoms with Crippen molar-refractivity contribution in [2.75, 3.05) is 11.9 Å². The highest BCUT2D eigenvalue weighted by Gasteiger charge is 2.25. The quantitative estimate of drug-likeness (QED) is 0.374. The number of carbonyl (C=O) groups is 1. The highest BCUT2D eigenvalue weighted by atomic mass is 16.5. The largest absolute Gasteiger partial charge is 0.487 e. The normalized spacial score (nSPS) is 18.3. The number of nitrogens with one attached hydrogen (secondary N) is 3. The van der Waals surface area contributed by atoms with Crippen LogP contribution in [0.4, 0.5) is 5.82 Å². The predicted molar refractivity (Wildman–Crippen MR) is 132 cm³/mol. The molecule has 1 aliphatic carbocycles. The number of amides is 1. The summed E-state index contributed by atoms with van der Waals surface area (Å²) >= 11 is 0. The summed E-state index contributed by atoms with van der Waals surface area (Å²) in [6.45, 7) is 1.26. The van der Waals surface area contributed by atoms with Gasteiger partial charge in [-0.15, -0.1) is 0 Å². The molecule has 1 unspecified atom stereocenters. The lowest BCUT2D eigenvalue weighted by molar-refractivity contribution is 0.0870. The summed E-state index contributed by atoms with van der Waals surface area (Å²) in [4.78, 5) is 16.9. The first-order valence-corrected chi connectivity index (χ1v) is 12.2. The summed E-state index contributed by atoms with van der Waals surface area (Å²) in [5, 5.41) is 24.5. The number of hydrogen-bond donors (Lipinski definition) is 4. The maximum absolute atomic E-state index is 12.6. The van der Waals surface area contributed by atoms with Gasteiger partial charge in [0.2, 0.25) is 0 Å². The topological polar surface area (TPSA) is 113 Å². The van der Waals surface area contributed by atoms with E-state index in [1.54, 1.807) is 29.2 Å². The number of benzene rings is 1. The van der Waals surface area contributed by atoms with E-state index in [2.05, 4.69) is 32.1 Å². The second kappa shape index (κ2) is 10.5. The van der Waals surface area contributed by atoms with Crippen molar-refractivity contribution in [2.45, 2.75) is 57.0 Å². The van der Waals surface area contributed by atoms with Crippen molar-refractivity contribution in [1.82, 2.24) is 25.4 Å². The van der Waals surface area contributed by atoms with E-state index >= 15 is 0 Å². The van der Waals surface area contributed by atoms with E-state index in [9.17, 15) is 9.90 Å². The van der Waals surface area contributed by atoms with E-state index in [-0.39, 0.29) is 18.5 Å². The van der Waals surface area contributed by atoms with Gasteiger partial charge in [0.05, 0.1) is 11.8 Å². The van der Waals surface area contributed by atoms with Crippen LogP contribution in [0.3, 0.4) is 0 Å². The van der Waals surface area contributed by atoms with Crippen LogP contribution in [-0.4, -0.2) is 50.5 Å². The number of hydrogen-bond acceptors (Lipinski definition) is 7. The summed E-state index contributed by atoms with van der Waals surface area (Å²) < 4.78 is 7.72. The van der Waals surface area contributed by atoms with Crippen molar-refractivity contribution >= 4 is 11.7 Å². The minimum atomic E-state index is -0.706. The first kappa shape index (κ1) is 23.3. The minimum Gasteiger partial charge on any atom is -0.487 e. The zero-order chi connectivity index (χ0) is 24.2. The molecule has 4 N–H and O–H groups in total. The second-order valence-electron chi connectivity index (χ2n) is 9.34. The van der Waals surface area contributed by atoms with Crippen LogP contribution in [0.5, 0.6) is 5.75 Å². The number of pyridine rings is 1. The van der Waals surface area contributed by atoms with E-state index in [1.165, 1.54) is 12.0 Å². The van der Waals surface area contributed by atoms with Gasteiger partial charge in [0.15, 0.2) is 0 Å². The van der Waals surface area contributed by atoms with E-state index in [0.717, 1.165) is 35.7 Å². The summed E-state index contributed by atoms with van der Waals surface area (Å²) in [6.07, 6.45) is 6.88. The Balaban J connectivity index is 1.12. The van der Waals surface area contributed by atoms with E-state index < -0.39 is 6.10 Å². The molecule has 0 radical (unpaired) electrons. The fraction of sp³-hybridized carbons (Fsp3) is 0.423. The van der Waals surface area contributed by atoms with Gasteiger partial charge in [-0.3, -0.25) is 9.48 Å². The van der Waals surface area contributed by atoms with E-state index in [1.807, 2.05) is 25.2 Å². The average molecular weight is 477 g/mol. The lowest BCUT2D eigenvalue weighted by Crippen LogP contribution is -2.49. The second-order valence-corrected chi connectivity index (χ2v) is 9.34. The summed E-state index contributed by atoms with van der Waals surface area (Å²) in [5.41, 5.74) is 3.87.